The molecule has 2 unspecified atom stereocenters. The van der Waals surface area contributed by atoms with E-state index in [1.807, 2.05) is 13.8 Å². The van der Waals surface area contributed by atoms with E-state index in [4.69, 9.17) is 5.73 Å². The van der Waals surface area contributed by atoms with E-state index in [1.165, 1.54) is 19.3 Å². The van der Waals surface area contributed by atoms with Crippen LogP contribution in [0.5, 0.6) is 0 Å². The summed E-state index contributed by atoms with van der Waals surface area (Å²) in [5.74, 6) is 0.866. The Morgan fingerprint density at radius 2 is 1.90 bits per heavy atom. The van der Waals surface area contributed by atoms with E-state index in [9.17, 15) is 0 Å². The summed E-state index contributed by atoms with van der Waals surface area (Å²) in [6.07, 6.45) is 3.76. The Morgan fingerprint density at radius 1 is 1.40 bits per heavy atom. The quantitative estimate of drug-likeness (QED) is 0.554. The van der Waals surface area contributed by atoms with Crippen LogP contribution in [-0.4, -0.2) is 5.54 Å². The highest BCUT2D eigenvalue weighted by Gasteiger charge is 2.28. The number of nitrogens with two attached hydrogens (primary N) is 1. The SMILES string of the molecule is CC.CC1CCC(C)(N)C1. The van der Waals surface area contributed by atoms with Crippen LogP contribution in [0.4, 0.5) is 0 Å². The molecule has 0 aromatic carbocycles. The lowest BCUT2D eigenvalue weighted by Crippen LogP contribution is -2.32. The summed E-state index contributed by atoms with van der Waals surface area (Å²) in [7, 11) is 0. The zero-order chi connectivity index (χ0) is 8.20. The van der Waals surface area contributed by atoms with Gasteiger partial charge in [-0.25, -0.2) is 0 Å². The molecule has 0 heterocycles. The smallest absolute Gasteiger partial charge is 0.0128 e. The molecule has 1 saturated carbocycles. The van der Waals surface area contributed by atoms with E-state index in [0.717, 1.165) is 5.92 Å². The van der Waals surface area contributed by atoms with E-state index in [-0.39, 0.29) is 5.54 Å². The molecular formula is C9H21N. The minimum absolute atomic E-state index is 0.166. The van der Waals surface area contributed by atoms with Crippen LogP contribution in [-0.2, 0) is 0 Å². The average Bonchev–Trinajstić information content (AvgIpc) is 2.15. The second-order valence-electron chi connectivity index (χ2n) is 3.50. The van der Waals surface area contributed by atoms with Crippen molar-refractivity contribution in [3.8, 4) is 0 Å². The predicted octanol–water partition coefficient (Wildman–Crippen LogP) is 2.55. The third-order valence-electron chi connectivity index (χ3n) is 2.02. The van der Waals surface area contributed by atoms with Crippen LogP contribution in [0.15, 0.2) is 0 Å². The van der Waals surface area contributed by atoms with E-state index >= 15 is 0 Å². The van der Waals surface area contributed by atoms with Crippen molar-refractivity contribution >= 4 is 0 Å². The highest BCUT2D eigenvalue weighted by molar-refractivity contribution is 4.87. The maximum absolute atomic E-state index is 5.87. The van der Waals surface area contributed by atoms with Gasteiger partial charge >= 0.3 is 0 Å². The first-order chi connectivity index (χ1) is 4.60. The van der Waals surface area contributed by atoms with Crippen molar-refractivity contribution in [1.29, 1.82) is 0 Å². The Balaban J connectivity index is 0.000000371. The van der Waals surface area contributed by atoms with Gasteiger partial charge in [-0.15, -0.1) is 0 Å². The molecule has 1 aliphatic rings. The monoisotopic (exact) mass is 143 g/mol. The maximum Gasteiger partial charge on any atom is 0.0128 e. The van der Waals surface area contributed by atoms with Crippen LogP contribution >= 0.6 is 0 Å². The molecular weight excluding hydrogens is 122 g/mol. The van der Waals surface area contributed by atoms with Gasteiger partial charge in [-0.3, -0.25) is 0 Å². The van der Waals surface area contributed by atoms with E-state index < -0.39 is 0 Å². The third kappa shape index (κ3) is 3.21. The lowest BCUT2D eigenvalue weighted by atomic mass is 10.0. The van der Waals surface area contributed by atoms with Crippen LogP contribution in [0, 0.1) is 5.92 Å². The summed E-state index contributed by atoms with van der Waals surface area (Å²) in [5.41, 5.74) is 6.03. The highest BCUT2D eigenvalue weighted by Crippen LogP contribution is 2.31. The molecule has 0 aromatic rings. The molecule has 0 spiro atoms. The molecule has 1 nitrogen and oxygen atoms in total. The fourth-order valence-corrected chi connectivity index (χ4v) is 1.58. The lowest BCUT2D eigenvalue weighted by molar-refractivity contribution is 0.464. The van der Waals surface area contributed by atoms with Gasteiger partial charge in [0.15, 0.2) is 0 Å². The van der Waals surface area contributed by atoms with E-state index in [0.29, 0.717) is 0 Å². The second kappa shape index (κ2) is 3.97. The first-order valence-electron chi connectivity index (χ1n) is 4.39. The standard InChI is InChI=1S/C7H15N.C2H6/c1-6-3-4-7(2,8)5-6;1-2/h6H,3-5,8H2,1-2H3;1-2H3. The maximum atomic E-state index is 5.87. The summed E-state index contributed by atoms with van der Waals surface area (Å²) in [5, 5.41) is 0. The van der Waals surface area contributed by atoms with Gasteiger partial charge in [-0.05, 0) is 32.1 Å². The molecule has 10 heavy (non-hydrogen) atoms. The largest absolute Gasteiger partial charge is 0.325 e. The van der Waals surface area contributed by atoms with Crippen LogP contribution in [0.25, 0.3) is 0 Å². The average molecular weight is 143 g/mol. The fourth-order valence-electron chi connectivity index (χ4n) is 1.58. The summed E-state index contributed by atoms with van der Waals surface area (Å²) in [6.45, 7) is 8.43. The molecule has 1 rings (SSSR count). The Hall–Kier alpha value is -0.0400. The number of hydrogen-bond acceptors (Lipinski definition) is 1. The van der Waals surface area contributed by atoms with Crippen molar-refractivity contribution in [1.82, 2.24) is 0 Å². The summed E-state index contributed by atoms with van der Waals surface area (Å²) >= 11 is 0. The molecule has 62 valence electrons. The van der Waals surface area contributed by atoms with Crippen LogP contribution in [0.3, 0.4) is 0 Å². The molecule has 0 aliphatic heterocycles. The Morgan fingerprint density at radius 3 is 2.00 bits per heavy atom. The van der Waals surface area contributed by atoms with Crippen molar-refractivity contribution in [3.63, 3.8) is 0 Å². The van der Waals surface area contributed by atoms with E-state index in [1.54, 1.807) is 0 Å². The van der Waals surface area contributed by atoms with Gasteiger partial charge in [-0.2, -0.15) is 0 Å². The van der Waals surface area contributed by atoms with Gasteiger partial charge in [0.1, 0.15) is 0 Å². The van der Waals surface area contributed by atoms with Gasteiger partial charge in [0.25, 0.3) is 0 Å². The number of hydrogen-bond donors (Lipinski definition) is 1. The normalized spacial score (nSPS) is 38.7. The Kier molecular flexibility index (Phi) is 3.95. The van der Waals surface area contributed by atoms with Gasteiger partial charge in [0.05, 0.1) is 0 Å². The highest BCUT2D eigenvalue weighted by atomic mass is 14.7. The lowest BCUT2D eigenvalue weighted by Gasteiger charge is -2.15. The van der Waals surface area contributed by atoms with Gasteiger partial charge in [0, 0.05) is 5.54 Å². The van der Waals surface area contributed by atoms with Crippen LogP contribution < -0.4 is 5.73 Å². The van der Waals surface area contributed by atoms with Crippen LogP contribution in [0.1, 0.15) is 47.0 Å². The van der Waals surface area contributed by atoms with Crippen molar-refractivity contribution in [3.05, 3.63) is 0 Å². The zero-order valence-electron chi connectivity index (χ0n) is 7.78. The Labute approximate surface area is 65.0 Å². The molecule has 1 aliphatic carbocycles. The molecule has 0 radical (unpaired) electrons. The van der Waals surface area contributed by atoms with Crippen molar-refractivity contribution in [2.75, 3.05) is 0 Å². The van der Waals surface area contributed by atoms with E-state index in [2.05, 4.69) is 13.8 Å². The summed E-state index contributed by atoms with van der Waals surface area (Å²) in [6, 6.07) is 0. The first kappa shape index (κ1) is 9.96. The minimum Gasteiger partial charge on any atom is -0.325 e. The van der Waals surface area contributed by atoms with Crippen molar-refractivity contribution in [2.45, 2.75) is 52.5 Å². The zero-order valence-corrected chi connectivity index (χ0v) is 7.78. The molecule has 2 N–H and O–H groups in total. The molecule has 1 fully saturated rings. The molecule has 0 aromatic heterocycles. The van der Waals surface area contributed by atoms with Gasteiger partial charge < -0.3 is 5.73 Å². The van der Waals surface area contributed by atoms with Crippen molar-refractivity contribution in [2.24, 2.45) is 11.7 Å². The van der Waals surface area contributed by atoms with Gasteiger partial charge in [0.2, 0.25) is 0 Å². The molecule has 0 saturated heterocycles. The Bertz CT molecular complexity index is 86.7. The van der Waals surface area contributed by atoms with Gasteiger partial charge in [-0.1, -0.05) is 20.8 Å². The molecule has 1 heteroatoms. The summed E-state index contributed by atoms with van der Waals surface area (Å²) in [4.78, 5) is 0. The fraction of sp³-hybridized carbons (Fsp3) is 1.00. The van der Waals surface area contributed by atoms with Crippen LogP contribution in [0.2, 0.25) is 0 Å². The topological polar surface area (TPSA) is 26.0 Å². The molecule has 2 atom stereocenters. The first-order valence-corrected chi connectivity index (χ1v) is 4.39. The molecule has 0 amide bonds. The summed E-state index contributed by atoms with van der Waals surface area (Å²) < 4.78 is 0. The second-order valence-corrected chi connectivity index (χ2v) is 3.50. The predicted molar refractivity (Wildman–Crippen MR) is 47.0 cm³/mol. The third-order valence-corrected chi connectivity index (χ3v) is 2.02. The molecule has 0 bridgehead atoms. The number of rotatable bonds is 0. The minimum atomic E-state index is 0.166. The van der Waals surface area contributed by atoms with Crippen molar-refractivity contribution < 1.29 is 0 Å².